The number of nitrogens with zero attached hydrogens (tertiary/aromatic N) is 2. The van der Waals surface area contributed by atoms with Gasteiger partial charge in [0.15, 0.2) is 0 Å². The summed E-state index contributed by atoms with van der Waals surface area (Å²) < 4.78 is 1.21. The molecule has 5 heteroatoms. The zero-order valence-electron chi connectivity index (χ0n) is 18.9. The number of nitrogens with one attached hydrogen (secondary N) is 1. The van der Waals surface area contributed by atoms with Crippen LogP contribution < -0.4 is 5.32 Å². The number of carbonyl (C=O) groups is 1. The van der Waals surface area contributed by atoms with Crippen LogP contribution in [0.25, 0.3) is 20.8 Å². The molecule has 2 aromatic carbocycles. The van der Waals surface area contributed by atoms with Crippen molar-refractivity contribution in [2.24, 2.45) is 17.8 Å². The van der Waals surface area contributed by atoms with Crippen molar-refractivity contribution >= 4 is 33.1 Å². The Morgan fingerprint density at radius 3 is 2.38 bits per heavy atom. The highest BCUT2D eigenvalue weighted by Crippen LogP contribution is 2.57. The Bertz CT molecular complexity index is 1130. The van der Waals surface area contributed by atoms with Gasteiger partial charge in [-0.15, -0.1) is 11.3 Å². The summed E-state index contributed by atoms with van der Waals surface area (Å²) >= 11 is 1.71. The van der Waals surface area contributed by atoms with Gasteiger partial charge in [0.05, 0.1) is 16.8 Å². The van der Waals surface area contributed by atoms with Gasteiger partial charge in [0.25, 0.3) is 0 Å². The van der Waals surface area contributed by atoms with Crippen molar-refractivity contribution in [2.75, 3.05) is 18.9 Å². The lowest BCUT2D eigenvalue weighted by atomic mass is 9.52. The molecule has 4 fully saturated rings. The van der Waals surface area contributed by atoms with Crippen molar-refractivity contribution in [3.63, 3.8) is 0 Å². The second kappa shape index (κ2) is 7.67. The molecule has 1 heterocycles. The van der Waals surface area contributed by atoms with Crippen LogP contribution in [0.15, 0.2) is 42.5 Å². The van der Waals surface area contributed by atoms with Crippen molar-refractivity contribution < 1.29 is 4.79 Å². The van der Waals surface area contributed by atoms with E-state index in [0.29, 0.717) is 6.54 Å². The molecular formula is C27H31N3OS. The Balaban J connectivity index is 1.11. The Hall–Kier alpha value is -2.24. The minimum absolute atomic E-state index is 0.0893. The summed E-state index contributed by atoms with van der Waals surface area (Å²) in [4.78, 5) is 20.0. The monoisotopic (exact) mass is 445 g/mol. The molecule has 0 radical (unpaired) electrons. The zero-order chi connectivity index (χ0) is 21.9. The number of thiazole rings is 1. The molecule has 0 saturated heterocycles. The molecule has 3 aromatic rings. The highest BCUT2D eigenvalue weighted by molar-refractivity contribution is 7.21. The van der Waals surface area contributed by atoms with Gasteiger partial charge in [0.2, 0.25) is 5.91 Å². The molecule has 0 aliphatic heterocycles. The summed E-state index contributed by atoms with van der Waals surface area (Å²) in [5.41, 5.74) is 4.51. The van der Waals surface area contributed by atoms with E-state index in [0.717, 1.165) is 39.5 Å². The number of aryl methyl sites for hydroxylation is 1. The SMILES string of the molecule is Cc1ccc2nc(-c3ccc(NC(=O)CN(C)C45CC6CC(CC(C6)C4)C5)cc3)sc2c1. The molecule has 7 rings (SSSR count). The molecule has 4 nitrogen and oxygen atoms in total. The minimum atomic E-state index is 0.0893. The second-order valence-corrected chi connectivity index (χ2v) is 11.6. The Labute approximate surface area is 194 Å². The van der Waals surface area contributed by atoms with Crippen LogP contribution in [0.1, 0.15) is 44.1 Å². The van der Waals surface area contributed by atoms with Crippen molar-refractivity contribution in [1.29, 1.82) is 0 Å². The number of hydrogen-bond donors (Lipinski definition) is 1. The van der Waals surface area contributed by atoms with Crippen LogP contribution in [-0.4, -0.2) is 34.9 Å². The fourth-order valence-corrected chi connectivity index (χ4v) is 8.04. The highest BCUT2D eigenvalue weighted by atomic mass is 32.1. The largest absolute Gasteiger partial charge is 0.325 e. The molecule has 4 aliphatic rings. The van der Waals surface area contributed by atoms with Gasteiger partial charge in [-0.2, -0.15) is 0 Å². The standard InChI is InChI=1S/C27H31N3OS/c1-17-3-8-23-24(9-17)32-26(29-23)21-4-6-22(7-5-21)28-25(31)16-30(2)27-13-18-10-19(14-27)12-20(11-18)15-27/h3-9,18-20H,10-16H2,1-2H3,(H,28,31). The van der Waals surface area contributed by atoms with Gasteiger partial charge in [-0.25, -0.2) is 4.98 Å². The summed E-state index contributed by atoms with van der Waals surface area (Å²) in [6.45, 7) is 2.59. The molecule has 4 saturated carbocycles. The van der Waals surface area contributed by atoms with Gasteiger partial charge in [0, 0.05) is 16.8 Å². The molecular weight excluding hydrogens is 414 g/mol. The third-order valence-corrected chi connectivity index (χ3v) is 9.22. The minimum Gasteiger partial charge on any atom is -0.325 e. The Morgan fingerprint density at radius 1 is 1.06 bits per heavy atom. The van der Waals surface area contributed by atoms with Gasteiger partial charge in [-0.1, -0.05) is 6.07 Å². The highest BCUT2D eigenvalue weighted by Gasteiger charge is 2.52. The maximum atomic E-state index is 12.9. The van der Waals surface area contributed by atoms with Crippen LogP contribution >= 0.6 is 11.3 Å². The van der Waals surface area contributed by atoms with E-state index in [1.165, 1.54) is 48.8 Å². The van der Waals surface area contributed by atoms with E-state index in [1.54, 1.807) is 11.3 Å². The van der Waals surface area contributed by atoms with Crippen LogP contribution in [0.5, 0.6) is 0 Å². The van der Waals surface area contributed by atoms with Gasteiger partial charge < -0.3 is 5.32 Å². The molecule has 1 N–H and O–H groups in total. The Kier molecular flexibility index (Phi) is 4.88. The van der Waals surface area contributed by atoms with E-state index in [9.17, 15) is 4.79 Å². The molecule has 0 spiro atoms. The van der Waals surface area contributed by atoms with Gasteiger partial charge in [0.1, 0.15) is 5.01 Å². The summed E-state index contributed by atoms with van der Waals surface area (Å²) in [5.74, 6) is 2.77. The zero-order valence-corrected chi connectivity index (χ0v) is 19.8. The van der Waals surface area contributed by atoms with Crippen LogP contribution in [0.4, 0.5) is 5.69 Å². The number of carbonyl (C=O) groups excluding carboxylic acids is 1. The molecule has 1 aromatic heterocycles. The Morgan fingerprint density at radius 2 is 1.72 bits per heavy atom. The van der Waals surface area contributed by atoms with Crippen LogP contribution in [-0.2, 0) is 4.79 Å². The van der Waals surface area contributed by atoms with E-state index in [4.69, 9.17) is 4.98 Å². The van der Waals surface area contributed by atoms with Crippen molar-refractivity contribution in [2.45, 2.75) is 51.0 Å². The number of rotatable bonds is 5. The number of aromatic nitrogens is 1. The molecule has 0 atom stereocenters. The molecule has 4 bridgehead atoms. The lowest BCUT2D eigenvalue weighted by Gasteiger charge is -2.59. The first-order chi connectivity index (χ1) is 15.5. The van der Waals surface area contributed by atoms with Crippen LogP contribution in [0.3, 0.4) is 0 Å². The average Bonchev–Trinajstić information content (AvgIpc) is 3.16. The lowest BCUT2D eigenvalue weighted by Crippen LogP contribution is -2.59. The van der Waals surface area contributed by atoms with Crippen molar-refractivity contribution in [1.82, 2.24) is 9.88 Å². The molecule has 0 unspecified atom stereocenters. The fraction of sp³-hybridized carbons (Fsp3) is 0.481. The number of likely N-dealkylation sites (N-methyl/N-ethyl adjacent to an activating group) is 1. The van der Waals surface area contributed by atoms with Gasteiger partial charge in [-0.3, -0.25) is 9.69 Å². The number of anilines is 1. The summed E-state index contributed by atoms with van der Waals surface area (Å²) in [7, 11) is 2.17. The second-order valence-electron chi connectivity index (χ2n) is 10.6. The third-order valence-electron chi connectivity index (χ3n) is 8.16. The third kappa shape index (κ3) is 3.65. The normalized spacial score (nSPS) is 28.5. The number of benzene rings is 2. The van der Waals surface area contributed by atoms with Crippen molar-refractivity contribution in [3.05, 3.63) is 48.0 Å². The lowest BCUT2D eigenvalue weighted by molar-refractivity contribution is -0.123. The van der Waals surface area contributed by atoms with Crippen LogP contribution in [0.2, 0.25) is 0 Å². The predicted octanol–water partition coefficient (Wildman–Crippen LogP) is 6.11. The smallest absolute Gasteiger partial charge is 0.238 e. The molecule has 4 aliphatic carbocycles. The first-order valence-corrected chi connectivity index (χ1v) is 12.8. The molecule has 32 heavy (non-hydrogen) atoms. The maximum absolute atomic E-state index is 12.9. The molecule has 1 amide bonds. The maximum Gasteiger partial charge on any atom is 0.238 e. The van der Waals surface area contributed by atoms with Gasteiger partial charge >= 0.3 is 0 Å². The van der Waals surface area contributed by atoms with E-state index >= 15 is 0 Å². The van der Waals surface area contributed by atoms with E-state index < -0.39 is 0 Å². The summed E-state index contributed by atoms with van der Waals surface area (Å²) in [6.07, 6.45) is 8.16. The summed E-state index contributed by atoms with van der Waals surface area (Å²) in [5, 5.41) is 4.14. The first kappa shape index (κ1) is 20.4. The summed E-state index contributed by atoms with van der Waals surface area (Å²) in [6, 6.07) is 14.5. The quantitative estimate of drug-likeness (QED) is 0.515. The number of hydrogen-bond acceptors (Lipinski definition) is 4. The average molecular weight is 446 g/mol. The fourth-order valence-electron chi connectivity index (χ4n) is 6.97. The van der Waals surface area contributed by atoms with Crippen LogP contribution in [0, 0.1) is 24.7 Å². The van der Waals surface area contributed by atoms with E-state index in [-0.39, 0.29) is 11.4 Å². The number of fused-ring (bicyclic) bond motifs is 1. The topological polar surface area (TPSA) is 45.2 Å². The van der Waals surface area contributed by atoms with E-state index in [1.807, 2.05) is 12.1 Å². The predicted molar refractivity (Wildman–Crippen MR) is 132 cm³/mol. The molecule has 166 valence electrons. The van der Waals surface area contributed by atoms with Crippen molar-refractivity contribution in [3.8, 4) is 10.6 Å². The van der Waals surface area contributed by atoms with Gasteiger partial charge in [-0.05, 0) is 112 Å². The number of amides is 1. The van der Waals surface area contributed by atoms with E-state index in [2.05, 4.69) is 54.5 Å². The first-order valence-electron chi connectivity index (χ1n) is 11.9.